The van der Waals surface area contributed by atoms with Gasteiger partial charge in [-0.3, -0.25) is 14.4 Å². The second-order valence-corrected chi connectivity index (χ2v) is 8.95. The zero-order chi connectivity index (χ0) is 25.1. The largest absolute Gasteiger partial charge is 0.463 e. The average molecular weight is 493 g/mol. The fourth-order valence-electron chi connectivity index (χ4n) is 5.50. The molecule has 35 heavy (non-hydrogen) atoms. The summed E-state index contributed by atoms with van der Waals surface area (Å²) in [6.45, 7) is 3.14. The highest BCUT2D eigenvalue weighted by molar-refractivity contribution is 6.34. The van der Waals surface area contributed by atoms with Crippen molar-refractivity contribution in [3.05, 3.63) is 83.0 Å². The van der Waals surface area contributed by atoms with Crippen LogP contribution in [-0.2, 0) is 23.9 Å². The van der Waals surface area contributed by atoms with Crippen molar-refractivity contribution in [2.24, 2.45) is 11.3 Å². The van der Waals surface area contributed by atoms with Crippen LogP contribution in [0.15, 0.2) is 78.0 Å². The van der Waals surface area contributed by atoms with Gasteiger partial charge in [0.05, 0.1) is 17.9 Å². The predicted octanol–water partition coefficient (Wildman–Crippen LogP) is 3.00. The van der Waals surface area contributed by atoms with Crippen LogP contribution in [0.2, 0.25) is 5.02 Å². The molecule has 2 heterocycles. The van der Waals surface area contributed by atoms with Gasteiger partial charge in [-0.15, -0.1) is 0 Å². The lowest BCUT2D eigenvalue weighted by Gasteiger charge is -2.45. The lowest BCUT2D eigenvalue weighted by atomic mass is 9.61. The molecule has 0 saturated carbocycles. The van der Waals surface area contributed by atoms with Crippen LogP contribution < -0.4 is 9.80 Å². The Labute approximate surface area is 206 Å². The molecule has 178 valence electrons. The first-order chi connectivity index (χ1) is 16.7. The summed E-state index contributed by atoms with van der Waals surface area (Å²) in [7, 11) is 0. The normalized spacial score (nSPS) is 27.4. The van der Waals surface area contributed by atoms with Gasteiger partial charge >= 0.3 is 5.97 Å². The number of amides is 2. The number of hydrogen-bond donors (Lipinski definition) is 1. The number of imide groups is 1. The Bertz CT molecular complexity index is 1340. The zero-order valence-electron chi connectivity index (χ0n) is 18.9. The van der Waals surface area contributed by atoms with Crippen molar-refractivity contribution >= 4 is 46.5 Å². The Hall–Kier alpha value is -3.75. The number of carbonyl (C=O) groups excluding carboxylic acids is 4. The Morgan fingerprint density at radius 3 is 2.34 bits per heavy atom. The van der Waals surface area contributed by atoms with Gasteiger partial charge in [0, 0.05) is 16.4 Å². The van der Waals surface area contributed by atoms with E-state index in [2.05, 4.69) is 0 Å². The molecular formula is C26H21ClN2O6. The SMILES string of the molecule is CCOC(=O)C1=C(C)N(c2ccc(Cl)cc2)C2(O)C=CC(=O)C3C(=O)N(c4ccccc4)C(=O)C132. The van der Waals surface area contributed by atoms with Gasteiger partial charge in [0.2, 0.25) is 5.91 Å². The standard InChI is InChI=1S/C26H21ClN2O6/c1-3-35-23(32)20-15(2)29(18-11-9-16(27)10-12-18)25(34)14-13-19(30)21-22(31)28(24(33)26(20,21)25)17-7-5-4-6-8-17/h4-14,21,34H,3H2,1-2H3. The van der Waals surface area contributed by atoms with Crippen molar-refractivity contribution in [3.63, 3.8) is 0 Å². The minimum absolute atomic E-state index is 0.00987. The summed E-state index contributed by atoms with van der Waals surface area (Å²) in [6.07, 6.45) is 2.27. The van der Waals surface area contributed by atoms with Crippen molar-refractivity contribution in [2.45, 2.75) is 19.6 Å². The van der Waals surface area contributed by atoms with Crippen molar-refractivity contribution in [3.8, 4) is 0 Å². The molecule has 0 bridgehead atoms. The lowest BCUT2D eigenvalue weighted by Crippen LogP contribution is -2.63. The Balaban J connectivity index is 1.83. The number of aliphatic hydroxyl groups is 1. The molecule has 2 aromatic carbocycles. The monoisotopic (exact) mass is 492 g/mol. The summed E-state index contributed by atoms with van der Waals surface area (Å²) in [4.78, 5) is 56.8. The van der Waals surface area contributed by atoms with Crippen molar-refractivity contribution in [1.29, 1.82) is 0 Å². The van der Waals surface area contributed by atoms with Crippen LogP contribution in [0.3, 0.4) is 0 Å². The number of benzene rings is 2. The molecule has 0 radical (unpaired) electrons. The molecule has 2 aromatic rings. The van der Waals surface area contributed by atoms with E-state index in [0.29, 0.717) is 10.7 Å². The first kappa shape index (κ1) is 23.0. The van der Waals surface area contributed by atoms with E-state index in [1.807, 2.05) is 0 Å². The highest BCUT2D eigenvalue weighted by Gasteiger charge is 2.79. The van der Waals surface area contributed by atoms with Gasteiger partial charge in [-0.25, -0.2) is 9.69 Å². The van der Waals surface area contributed by atoms with Crippen LogP contribution in [0.5, 0.6) is 0 Å². The number of esters is 1. The summed E-state index contributed by atoms with van der Waals surface area (Å²) in [5.74, 6) is -4.92. The number of ether oxygens (including phenoxy) is 1. The van der Waals surface area contributed by atoms with Crippen LogP contribution in [0, 0.1) is 11.3 Å². The van der Waals surface area contributed by atoms with E-state index >= 15 is 0 Å². The van der Waals surface area contributed by atoms with Gasteiger partial charge in [-0.05, 0) is 62.4 Å². The molecule has 3 unspecified atom stereocenters. The molecule has 1 saturated heterocycles. The second-order valence-electron chi connectivity index (χ2n) is 8.51. The quantitative estimate of drug-likeness (QED) is 0.397. The number of carbonyl (C=O) groups is 4. The molecule has 2 aliphatic heterocycles. The summed E-state index contributed by atoms with van der Waals surface area (Å²) < 4.78 is 5.28. The minimum Gasteiger partial charge on any atom is -0.463 e. The molecule has 8 nitrogen and oxygen atoms in total. The molecule has 5 rings (SSSR count). The third-order valence-corrected chi connectivity index (χ3v) is 7.05. The van der Waals surface area contributed by atoms with Gasteiger partial charge in [-0.1, -0.05) is 29.8 Å². The topological polar surface area (TPSA) is 104 Å². The average Bonchev–Trinajstić information content (AvgIpc) is 3.19. The van der Waals surface area contributed by atoms with E-state index in [-0.39, 0.29) is 23.6 Å². The highest BCUT2D eigenvalue weighted by Crippen LogP contribution is 2.62. The lowest BCUT2D eigenvalue weighted by molar-refractivity contribution is -0.152. The molecule has 1 spiro atoms. The van der Waals surface area contributed by atoms with Crippen molar-refractivity contribution in [1.82, 2.24) is 0 Å². The summed E-state index contributed by atoms with van der Waals surface area (Å²) >= 11 is 6.05. The van der Waals surface area contributed by atoms with Crippen molar-refractivity contribution < 1.29 is 29.0 Å². The molecule has 0 aromatic heterocycles. The third kappa shape index (κ3) is 2.84. The van der Waals surface area contributed by atoms with E-state index in [0.717, 1.165) is 11.0 Å². The molecule has 9 heteroatoms. The van der Waals surface area contributed by atoms with E-state index in [4.69, 9.17) is 16.3 Å². The number of halogens is 1. The molecule has 1 N–H and O–H groups in total. The van der Waals surface area contributed by atoms with E-state index in [1.54, 1.807) is 68.4 Å². The van der Waals surface area contributed by atoms with E-state index in [9.17, 15) is 24.3 Å². The first-order valence-electron chi connectivity index (χ1n) is 11.0. The van der Waals surface area contributed by atoms with Crippen LogP contribution in [0.4, 0.5) is 11.4 Å². The maximum atomic E-state index is 14.3. The second kappa shape index (κ2) is 7.90. The van der Waals surface area contributed by atoms with Crippen LogP contribution >= 0.6 is 11.6 Å². The van der Waals surface area contributed by atoms with Gasteiger partial charge in [-0.2, -0.15) is 0 Å². The van der Waals surface area contributed by atoms with Crippen molar-refractivity contribution in [2.75, 3.05) is 16.4 Å². The predicted molar refractivity (Wildman–Crippen MR) is 127 cm³/mol. The maximum Gasteiger partial charge on any atom is 0.337 e. The Morgan fingerprint density at radius 2 is 1.71 bits per heavy atom. The summed E-state index contributed by atoms with van der Waals surface area (Å²) in [6, 6.07) is 14.5. The Kier molecular flexibility index (Phi) is 5.19. The molecule has 2 amide bonds. The number of allylic oxidation sites excluding steroid dienone is 2. The van der Waals surface area contributed by atoms with E-state index in [1.165, 1.54) is 11.0 Å². The number of anilines is 2. The van der Waals surface area contributed by atoms with Crippen LogP contribution in [0.25, 0.3) is 0 Å². The van der Waals surface area contributed by atoms with Crippen LogP contribution in [0.1, 0.15) is 13.8 Å². The number of hydrogen-bond acceptors (Lipinski definition) is 7. The van der Waals surface area contributed by atoms with Gasteiger partial charge < -0.3 is 14.7 Å². The van der Waals surface area contributed by atoms with Crippen LogP contribution in [-0.4, -0.2) is 41.0 Å². The number of ketones is 1. The van der Waals surface area contributed by atoms with Gasteiger partial charge in [0.1, 0.15) is 5.92 Å². The van der Waals surface area contributed by atoms with E-state index < -0.39 is 40.6 Å². The molecule has 3 atom stereocenters. The Morgan fingerprint density at radius 1 is 1.06 bits per heavy atom. The number of para-hydroxylation sites is 1. The fourth-order valence-corrected chi connectivity index (χ4v) is 5.62. The molecule has 1 aliphatic carbocycles. The maximum absolute atomic E-state index is 14.3. The summed E-state index contributed by atoms with van der Waals surface area (Å²) in [5, 5.41) is 12.7. The third-order valence-electron chi connectivity index (χ3n) is 6.80. The fraction of sp³-hybridized carbons (Fsp3) is 0.231. The first-order valence-corrected chi connectivity index (χ1v) is 11.4. The molecule has 1 fully saturated rings. The summed E-state index contributed by atoms with van der Waals surface area (Å²) in [5.41, 5.74) is -3.90. The number of nitrogens with zero attached hydrogens (tertiary/aromatic N) is 2. The highest BCUT2D eigenvalue weighted by atomic mass is 35.5. The van der Waals surface area contributed by atoms with Gasteiger partial charge in [0.15, 0.2) is 16.9 Å². The molecular weight excluding hydrogens is 472 g/mol. The zero-order valence-corrected chi connectivity index (χ0v) is 19.7. The smallest absolute Gasteiger partial charge is 0.337 e. The van der Waals surface area contributed by atoms with Gasteiger partial charge in [0.25, 0.3) is 5.91 Å². The minimum atomic E-state index is -2.25. The molecule has 3 aliphatic rings. The number of rotatable bonds is 4.